The van der Waals surface area contributed by atoms with Gasteiger partial charge >= 0.3 is 0 Å². The Morgan fingerprint density at radius 1 is 1.62 bits per heavy atom. The molecule has 0 spiro atoms. The molecule has 0 bridgehead atoms. The van der Waals surface area contributed by atoms with Gasteiger partial charge in [0.25, 0.3) is 0 Å². The zero-order chi connectivity index (χ0) is 12.3. The fraction of sp³-hybridized carbons (Fsp3) is 0.786. The van der Waals surface area contributed by atoms with Crippen LogP contribution in [-0.2, 0) is 4.79 Å². The van der Waals surface area contributed by atoms with E-state index in [4.69, 9.17) is 0 Å². The van der Waals surface area contributed by atoms with Gasteiger partial charge < -0.3 is 5.11 Å². The molecule has 2 heteroatoms. The lowest BCUT2D eigenvalue weighted by Crippen LogP contribution is -2.30. The quantitative estimate of drug-likeness (QED) is 0.745. The summed E-state index contributed by atoms with van der Waals surface area (Å²) < 4.78 is 0. The molecule has 4 unspecified atom stereocenters. The summed E-state index contributed by atoms with van der Waals surface area (Å²) in [5.74, 6) is 0.771. The Morgan fingerprint density at radius 3 is 2.62 bits per heavy atom. The molecule has 1 saturated carbocycles. The third-order valence-corrected chi connectivity index (χ3v) is 3.85. The molecule has 1 fully saturated rings. The topological polar surface area (TPSA) is 37.3 Å². The number of rotatable bonds is 4. The van der Waals surface area contributed by atoms with Crippen LogP contribution in [0.2, 0.25) is 0 Å². The summed E-state index contributed by atoms with van der Waals surface area (Å²) in [6.07, 6.45) is 4.90. The first-order valence-corrected chi connectivity index (χ1v) is 6.36. The molecule has 0 aromatic heterocycles. The van der Waals surface area contributed by atoms with Gasteiger partial charge in [0.1, 0.15) is 5.78 Å². The second-order valence-electron chi connectivity index (χ2n) is 5.02. The zero-order valence-corrected chi connectivity index (χ0v) is 10.9. The van der Waals surface area contributed by atoms with Crippen molar-refractivity contribution in [2.24, 2.45) is 17.8 Å². The monoisotopic (exact) mass is 224 g/mol. The normalized spacial score (nSPS) is 34.3. The van der Waals surface area contributed by atoms with Gasteiger partial charge in [-0.25, -0.2) is 0 Å². The van der Waals surface area contributed by atoms with E-state index in [1.165, 1.54) is 5.57 Å². The van der Waals surface area contributed by atoms with E-state index in [0.29, 0.717) is 5.92 Å². The summed E-state index contributed by atoms with van der Waals surface area (Å²) in [6, 6.07) is 0. The van der Waals surface area contributed by atoms with Crippen LogP contribution in [0.3, 0.4) is 0 Å². The van der Waals surface area contributed by atoms with Crippen molar-refractivity contribution < 1.29 is 9.90 Å². The summed E-state index contributed by atoms with van der Waals surface area (Å²) in [5, 5.41) is 9.90. The highest BCUT2D eigenvalue weighted by atomic mass is 16.3. The Morgan fingerprint density at radius 2 is 2.25 bits per heavy atom. The minimum absolute atomic E-state index is 0.0402. The maximum atomic E-state index is 11.7. The smallest absolute Gasteiger partial charge is 0.137 e. The van der Waals surface area contributed by atoms with Crippen molar-refractivity contribution in [2.75, 3.05) is 0 Å². The molecule has 0 aromatic carbocycles. The summed E-state index contributed by atoms with van der Waals surface area (Å²) >= 11 is 0. The fourth-order valence-electron chi connectivity index (χ4n) is 3.25. The number of allylic oxidation sites excluding steroid dienone is 2. The van der Waals surface area contributed by atoms with Crippen LogP contribution in [0.4, 0.5) is 0 Å². The zero-order valence-electron chi connectivity index (χ0n) is 10.9. The average Bonchev–Trinajstić information content (AvgIpc) is 2.57. The largest absolute Gasteiger partial charge is 0.393 e. The molecule has 2 nitrogen and oxygen atoms in total. The number of hydrogen-bond donors (Lipinski definition) is 1. The van der Waals surface area contributed by atoms with Gasteiger partial charge in [-0.1, -0.05) is 31.4 Å². The van der Waals surface area contributed by atoms with Gasteiger partial charge in [-0.3, -0.25) is 4.79 Å². The first-order chi connectivity index (χ1) is 7.52. The summed E-state index contributed by atoms with van der Waals surface area (Å²) in [5.41, 5.74) is 1.23. The van der Waals surface area contributed by atoms with Gasteiger partial charge in [-0.05, 0) is 33.1 Å². The SMILES string of the molecule is C/C=C1\CC(CCC)C(C(C)O)C1C(C)=O. The molecule has 0 saturated heterocycles. The third kappa shape index (κ3) is 2.54. The van der Waals surface area contributed by atoms with E-state index in [0.717, 1.165) is 19.3 Å². The van der Waals surface area contributed by atoms with Crippen LogP contribution in [0.15, 0.2) is 11.6 Å². The van der Waals surface area contributed by atoms with E-state index in [1.807, 2.05) is 13.8 Å². The molecule has 1 N–H and O–H groups in total. The van der Waals surface area contributed by atoms with Crippen molar-refractivity contribution in [3.05, 3.63) is 11.6 Å². The van der Waals surface area contributed by atoms with E-state index in [2.05, 4.69) is 13.0 Å². The number of ketones is 1. The van der Waals surface area contributed by atoms with E-state index < -0.39 is 0 Å². The Hall–Kier alpha value is -0.630. The Labute approximate surface area is 98.7 Å². The molecule has 0 aromatic rings. The highest BCUT2D eigenvalue weighted by Gasteiger charge is 2.43. The molecule has 16 heavy (non-hydrogen) atoms. The highest BCUT2D eigenvalue weighted by Crippen LogP contribution is 2.45. The van der Waals surface area contributed by atoms with Gasteiger partial charge in [-0.2, -0.15) is 0 Å². The second kappa shape index (κ2) is 5.62. The van der Waals surface area contributed by atoms with Crippen LogP contribution in [0.5, 0.6) is 0 Å². The van der Waals surface area contributed by atoms with Gasteiger partial charge in [0.15, 0.2) is 0 Å². The van der Waals surface area contributed by atoms with E-state index in [1.54, 1.807) is 6.92 Å². The summed E-state index contributed by atoms with van der Waals surface area (Å²) in [4.78, 5) is 11.7. The van der Waals surface area contributed by atoms with Crippen LogP contribution in [0.25, 0.3) is 0 Å². The van der Waals surface area contributed by atoms with Gasteiger partial charge in [0.2, 0.25) is 0 Å². The summed E-state index contributed by atoms with van der Waals surface area (Å²) in [6.45, 7) is 7.63. The first-order valence-electron chi connectivity index (χ1n) is 6.36. The van der Waals surface area contributed by atoms with Crippen molar-refractivity contribution in [3.8, 4) is 0 Å². The Bertz CT molecular complexity index is 278. The lowest BCUT2D eigenvalue weighted by atomic mass is 9.81. The van der Waals surface area contributed by atoms with Crippen LogP contribution in [0.1, 0.15) is 47.0 Å². The second-order valence-corrected chi connectivity index (χ2v) is 5.02. The molecule has 1 aliphatic carbocycles. The van der Waals surface area contributed by atoms with Crippen molar-refractivity contribution >= 4 is 5.78 Å². The Kier molecular flexibility index (Phi) is 4.72. The van der Waals surface area contributed by atoms with Gasteiger partial charge in [0.05, 0.1) is 6.10 Å². The number of Topliss-reactive ketones (excluding diaryl/α,β-unsaturated/α-hetero) is 1. The van der Waals surface area contributed by atoms with E-state index >= 15 is 0 Å². The van der Waals surface area contributed by atoms with Crippen molar-refractivity contribution in [3.63, 3.8) is 0 Å². The minimum atomic E-state index is -0.386. The molecular formula is C14H24O2. The predicted molar refractivity (Wildman–Crippen MR) is 66.1 cm³/mol. The summed E-state index contributed by atoms with van der Waals surface area (Å²) in [7, 11) is 0. The molecule has 0 heterocycles. The Balaban J connectivity index is 2.97. The number of aliphatic hydroxyl groups is 1. The molecule has 1 rings (SSSR count). The predicted octanol–water partition coefficient (Wildman–Crippen LogP) is 2.95. The molecule has 0 aliphatic heterocycles. The number of hydrogen-bond acceptors (Lipinski definition) is 2. The standard InChI is InChI=1S/C14H24O2/c1-5-7-12-8-11(6-2)13(9(3)15)14(12)10(4)16/h6,10,12-14,16H,5,7-8H2,1-4H3/b11-6+. The lowest BCUT2D eigenvalue weighted by molar-refractivity contribution is -0.122. The molecule has 0 amide bonds. The fourth-order valence-corrected chi connectivity index (χ4v) is 3.25. The lowest BCUT2D eigenvalue weighted by Gasteiger charge is -2.25. The maximum absolute atomic E-state index is 11.7. The van der Waals surface area contributed by atoms with Crippen molar-refractivity contribution in [2.45, 2.75) is 53.1 Å². The minimum Gasteiger partial charge on any atom is -0.393 e. The average molecular weight is 224 g/mol. The van der Waals surface area contributed by atoms with Crippen molar-refractivity contribution in [1.29, 1.82) is 0 Å². The van der Waals surface area contributed by atoms with Crippen LogP contribution in [-0.4, -0.2) is 17.0 Å². The molecule has 4 atom stereocenters. The third-order valence-electron chi connectivity index (χ3n) is 3.85. The van der Waals surface area contributed by atoms with Crippen LogP contribution >= 0.6 is 0 Å². The van der Waals surface area contributed by atoms with Crippen LogP contribution < -0.4 is 0 Å². The molecule has 0 radical (unpaired) electrons. The van der Waals surface area contributed by atoms with Gasteiger partial charge in [0, 0.05) is 11.8 Å². The van der Waals surface area contributed by atoms with E-state index in [-0.39, 0.29) is 23.7 Å². The number of carbonyl (C=O) groups is 1. The molecular weight excluding hydrogens is 200 g/mol. The molecule has 1 aliphatic rings. The van der Waals surface area contributed by atoms with E-state index in [9.17, 15) is 9.90 Å². The van der Waals surface area contributed by atoms with Gasteiger partial charge in [-0.15, -0.1) is 0 Å². The highest BCUT2D eigenvalue weighted by molar-refractivity contribution is 5.82. The first kappa shape index (κ1) is 13.4. The molecule has 92 valence electrons. The van der Waals surface area contributed by atoms with Crippen molar-refractivity contribution in [1.82, 2.24) is 0 Å². The number of aliphatic hydroxyl groups excluding tert-OH is 1. The maximum Gasteiger partial charge on any atom is 0.137 e. The van der Waals surface area contributed by atoms with Crippen LogP contribution in [0, 0.1) is 17.8 Å². The number of carbonyl (C=O) groups excluding carboxylic acids is 1.